The fraction of sp³-hybridized carbons (Fsp3) is 0.234. The van der Waals surface area contributed by atoms with Gasteiger partial charge in [0.1, 0.15) is 29.9 Å². The van der Waals surface area contributed by atoms with Gasteiger partial charge < -0.3 is 64.6 Å². The molecule has 10 N–H and O–H groups in total. The Morgan fingerprint density at radius 1 is 0.430 bits per heavy atom. The summed E-state index contributed by atoms with van der Waals surface area (Å²) in [5.74, 6) is 1.25. The van der Waals surface area contributed by atoms with E-state index in [0.717, 1.165) is 46.8 Å². The highest BCUT2D eigenvalue weighted by molar-refractivity contribution is 6.05. The Kier molecular flexibility index (Phi) is 41.1. The van der Waals surface area contributed by atoms with Gasteiger partial charge in [0.2, 0.25) is 0 Å². The van der Waals surface area contributed by atoms with Crippen molar-refractivity contribution in [1.82, 2.24) is 0 Å². The molecule has 22 heteroatoms. The van der Waals surface area contributed by atoms with Crippen LogP contribution in [-0.4, -0.2) is 130 Å². The topological polar surface area (TPSA) is 343 Å². The first-order valence-electron chi connectivity index (χ1n) is 25.6. The molecule has 0 heterocycles. The Morgan fingerprint density at radius 3 is 1.14 bits per heavy atom. The monoisotopic (exact) mass is 1210 g/mol. The second-order valence-electron chi connectivity index (χ2n) is 17.3. The molecule has 0 fully saturated rings. The third-order valence-corrected chi connectivity index (χ3v) is 11.0. The van der Waals surface area contributed by atoms with Gasteiger partial charge in [-0.15, -0.1) is 12.4 Å². The SMILES string of the molecule is CC(C)=O.CO.COCOc1ccc(/C=C/C(=O)/C=C/c2ccc(CCOO)c(CO)c2)cc1OC.COc1cc(/C=C/C(=O)/C=C/c2ccc(O)c(CO)c2)ccc1O.Cl.O=Cc1ccc(CCOO)c(CO)c1.O=Cc1ccc(O)c(CO)c1. The van der Waals surface area contributed by atoms with Crippen LogP contribution < -0.4 is 14.2 Å². The van der Waals surface area contributed by atoms with E-state index in [2.05, 4.69) is 9.78 Å². The van der Waals surface area contributed by atoms with Crippen LogP contribution in [0.15, 0.2) is 133 Å². The molecule has 86 heavy (non-hydrogen) atoms. The molecule has 0 atom stereocenters. The number of carbonyl (C=O) groups is 5. The molecule has 0 saturated heterocycles. The zero-order valence-electron chi connectivity index (χ0n) is 48.4. The summed E-state index contributed by atoms with van der Waals surface area (Å²) in [6.07, 6.45) is 14.7. The summed E-state index contributed by atoms with van der Waals surface area (Å²) in [7, 11) is 5.53. The van der Waals surface area contributed by atoms with E-state index in [1.807, 2.05) is 18.2 Å². The maximum Gasteiger partial charge on any atom is 0.188 e. The minimum absolute atomic E-state index is 0. The highest BCUT2D eigenvalue weighted by Gasteiger charge is 2.08. The molecule has 0 unspecified atom stereocenters. The van der Waals surface area contributed by atoms with Gasteiger partial charge in [0.25, 0.3) is 0 Å². The van der Waals surface area contributed by atoms with Gasteiger partial charge in [0.15, 0.2) is 41.4 Å². The Labute approximate surface area is 505 Å². The van der Waals surface area contributed by atoms with Crippen LogP contribution in [0.2, 0.25) is 0 Å². The maximum atomic E-state index is 12.2. The predicted octanol–water partition coefficient (Wildman–Crippen LogP) is 8.74. The number of ketones is 3. The number of carbonyl (C=O) groups excluding carboxylic acids is 5. The number of hydrogen-bond acceptors (Lipinski definition) is 21. The summed E-state index contributed by atoms with van der Waals surface area (Å²) in [5, 5.41) is 88.0. The number of rotatable bonds is 25. The second kappa shape index (κ2) is 45.7. The molecule has 6 aromatic carbocycles. The number of aliphatic hydroxyl groups excluding tert-OH is 5. The van der Waals surface area contributed by atoms with Crippen LogP contribution in [0.5, 0.6) is 34.5 Å². The number of ether oxygens (including phenoxy) is 4. The lowest BCUT2D eigenvalue weighted by Crippen LogP contribution is -2.00. The smallest absolute Gasteiger partial charge is 0.188 e. The van der Waals surface area contributed by atoms with Gasteiger partial charge in [0, 0.05) is 36.5 Å². The van der Waals surface area contributed by atoms with Crippen LogP contribution in [0, 0.1) is 0 Å². The lowest BCUT2D eigenvalue weighted by Gasteiger charge is -2.10. The maximum absolute atomic E-state index is 12.2. The normalized spacial score (nSPS) is 10.3. The van der Waals surface area contributed by atoms with E-state index >= 15 is 0 Å². The third-order valence-electron chi connectivity index (χ3n) is 11.0. The molecular weight excluding hydrogens is 1140 g/mol. The van der Waals surface area contributed by atoms with E-state index in [4.69, 9.17) is 55.0 Å². The van der Waals surface area contributed by atoms with Crippen molar-refractivity contribution in [2.75, 3.05) is 48.4 Å². The summed E-state index contributed by atoms with van der Waals surface area (Å²) in [4.78, 5) is 62.2. The van der Waals surface area contributed by atoms with Crippen molar-refractivity contribution in [3.05, 3.63) is 200 Å². The molecule has 0 saturated carbocycles. The highest BCUT2D eigenvalue weighted by Crippen LogP contribution is 2.29. The van der Waals surface area contributed by atoms with Crippen LogP contribution in [-0.2, 0) is 68.2 Å². The minimum atomic E-state index is -0.274. The Morgan fingerprint density at radius 2 is 0.756 bits per heavy atom. The standard InChI is InChI=1S/C23H26O7.C19H18O5.C10H12O4.C8H8O3.C3H6O.CH4O.ClH/c1-27-16-29-22-10-6-18(14-23(22)28-2)5-9-21(25)8-4-17-3-7-19(11-12-30-26)20(13-17)15-24;1-24-19-11-14(5-9-18(19)23)3-7-16(21)6-2-13-4-8-17(22)15(10-13)12-20;11-6-8-1-2-9(3-4-14-13)10(5-8)7-12;9-4-6-1-2-8(11)7(3-6)5-10;1-3(2)4;1-2;/h3-10,13-14,24,26H,11-12,15-16H2,1-2H3;2-11,20,22-23H,12H2,1H3;1-2,5-6,12-13H,3-4,7H2;1-4,10-11H,5H2;1-2H3;2H,1H3;1H/b8-4+,9-5+;6-2+,7-3+;;;;;. The molecule has 0 aromatic heterocycles. The predicted molar refractivity (Wildman–Crippen MR) is 326 cm³/mol. The van der Waals surface area contributed by atoms with Crippen LogP contribution in [0.4, 0.5) is 0 Å². The summed E-state index contributed by atoms with van der Waals surface area (Å²) in [6.45, 7) is 2.70. The first-order valence-corrected chi connectivity index (χ1v) is 25.6. The zero-order valence-corrected chi connectivity index (χ0v) is 49.2. The van der Waals surface area contributed by atoms with Crippen molar-refractivity contribution in [2.24, 2.45) is 0 Å². The van der Waals surface area contributed by atoms with Gasteiger partial charge in [-0.05, 0) is 162 Å². The number of phenolic OH excluding ortho intramolecular Hbond substituents is 1. The van der Waals surface area contributed by atoms with Gasteiger partial charge in [-0.1, -0.05) is 66.8 Å². The molecule has 464 valence electrons. The first-order chi connectivity index (χ1) is 41.0. The highest BCUT2D eigenvalue weighted by atomic mass is 35.5. The van der Waals surface area contributed by atoms with E-state index < -0.39 is 0 Å². The fourth-order valence-corrected chi connectivity index (χ4v) is 6.86. The molecule has 0 spiro atoms. The van der Waals surface area contributed by atoms with Gasteiger partial charge in [0.05, 0.1) is 53.9 Å². The lowest BCUT2D eigenvalue weighted by molar-refractivity contribution is -0.241. The Bertz CT molecular complexity index is 2990. The molecule has 0 aliphatic rings. The van der Waals surface area contributed by atoms with Crippen LogP contribution in [0.1, 0.15) is 90.2 Å². The molecule has 21 nitrogen and oxygen atoms in total. The number of halogens is 1. The number of phenols is 3. The summed E-state index contributed by atoms with van der Waals surface area (Å²) in [6, 6.07) is 29.6. The van der Waals surface area contributed by atoms with Crippen LogP contribution in [0.3, 0.4) is 0 Å². The zero-order chi connectivity index (χ0) is 63.5. The quantitative estimate of drug-likeness (QED) is 0.00841. The van der Waals surface area contributed by atoms with Crippen LogP contribution in [0.25, 0.3) is 24.3 Å². The van der Waals surface area contributed by atoms with Crippen molar-refractivity contribution in [1.29, 1.82) is 0 Å². The number of aldehydes is 2. The van der Waals surface area contributed by atoms with Crippen molar-refractivity contribution < 1.29 is 104 Å². The number of aromatic hydroxyl groups is 3. The van der Waals surface area contributed by atoms with E-state index in [0.29, 0.717) is 69.8 Å². The molecule has 0 amide bonds. The molecule has 0 bridgehead atoms. The number of Topliss-reactive ketones (excluding diaryl/α,β-unsaturated/α-hetero) is 1. The number of hydrogen-bond donors (Lipinski definition) is 10. The lowest BCUT2D eigenvalue weighted by atomic mass is 10.0. The van der Waals surface area contributed by atoms with Gasteiger partial charge in [-0.25, -0.2) is 9.78 Å². The number of benzene rings is 6. The number of aliphatic hydroxyl groups is 5. The van der Waals surface area contributed by atoms with E-state index in [1.165, 1.54) is 82.7 Å². The average Bonchev–Trinajstić information content (AvgIpc) is 3.61. The molecule has 0 aliphatic carbocycles. The minimum Gasteiger partial charge on any atom is -0.508 e. The summed E-state index contributed by atoms with van der Waals surface area (Å²) in [5.41, 5.74) is 7.90. The van der Waals surface area contributed by atoms with Gasteiger partial charge in [-0.3, -0.25) is 29.7 Å². The Hall–Kier alpha value is -8.68. The molecular formula is C64H75ClO21. The second-order valence-corrected chi connectivity index (χ2v) is 17.3. The van der Waals surface area contributed by atoms with E-state index in [-0.39, 0.29) is 93.4 Å². The van der Waals surface area contributed by atoms with Crippen molar-refractivity contribution in [2.45, 2.75) is 53.1 Å². The number of methoxy groups -OCH3 is 3. The molecule has 0 aliphatic heterocycles. The summed E-state index contributed by atoms with van der Waals surface area (Å²) < 4.78 is 20.6. The first kappa shape index (κ1) is 77.3. The van der Waals surface area contributed by atoms with E-state index in [9.17, 15) is 39.3 Å². The van der Waals surface area contributed by atoms with Crippen molar-refractivity contribution in [3.8, 4) is 34.5 Å². The van der Waals surface area contributed by atoms with Gasteiger partial charge >= 0.3 is 0 Å². The largest absolute Gasteiger partial charge is 0.508 e. The average molecular weight is 1220 g/mol. The Balaban J connectivity index is 0.00000114. The van der Waals surface area contributed by atoms with Crippen LogP contribution >= 0.6 is 12.4 Å². The molecule has 6 rings (SSSR count). The van der Waals surface area contributed by atoms with Crippen molar-refractivity contribution in [3.63, 3.8) is 0 Å². The molecule has 0 radical (unpaired) electrons. The van der Waals surface area contributed by atoms with Gasteiger partial charge in [-0.2, -0.15) is 0 Å². The molecule has 6 aromatic rings. The third kappa shape index (κ3) is 30.2. The number of allylic oxidation sites excluding steroid dienone is 4. The van der Waals surface area contributed by atoms with Crippen molar-refractivity contribution >= 4 is 66.6 Å². The van der Waals surface area contributed by atoms with E-state index in [1.54, 1.807) is 92.1 Å². The fourth-order valence-electron chi connectivity index (χ4n) is 6.86. The summed E-state index contributed by atoms with van der Waals surface area (Å²) >= 11 is 0.